The van der Waals surface area contributed by atoms with E-state index in [2.05, 4.69) is 172 Å². The number of hydrogen-bond donors (Lipinski definition) is 2. The van der Waals surface area contributed by atoms with Gasteiger partial charge < -0.3 is 0 Å². The van der Waals surface area contributed by atoms with Crippen LogP contribution in [-0.4, -0.2) is 20.6 Å². The van der Waals surface area contributed by atoms with Gasteiger partial charge in [-0.05, 0) is 0 Å². The zero-order valence-electron chi connectivity index (χ0n) is 32.7. The van der Waals surface area contributed by atoms with Crippen molar-refractivity contribution in [3.8, 4) is 22.3 Å². The van der Waals surface area contributed by atoms with Crippen LogP contribution in [0.5, 0.6) is 0 Å². The normalized spacial score (nSPS) is 16.6. The van der Waals surface area contributed by atoms with E-state index in [1.165, 1.54) is 98.7 Å². The maximum absolute atomic E-state index is 12.3. The number of aliphatic hydroxyl groups is 2. The molecular weight excluding hydrogens is 772 g/mol. The van der Waals surface area contributed by atoms with Gasteiger partial charge in [-0.1, -0.05) is 0 Å². The van der Waals surface area contributed by atoms with Gasteiger partial charge in [0.25, 0.3) is 0 Å². The van der Waals surface area contributed by atoms with Crippen molar-refractivity contribution >= 4 is 55.2 Å². The Morgan fingerprint density at radius 1 is 0.474 bits per heavy atom. The Labute approximate surface area is 343 Å². The molecule has 0 spiro atoms. The average molecular weight is 819 g/mol. The van der Waals surface area contributed by atoms with Gasteiger partial charge >= 0.3 is 346 Å². The van der Waals surface area contributed by atoms with Gasteiger partial charge in [-0.3, -0.25) is 0 Å². The quantitative estimate of drug-likeness (QED) is 0.135. The third kappa shape index (κ3) is 6.18. The van der Waals surface area contributed by atoms with E-state index in [0.717, 1.165) is 25.7 Å². The Kier molecular flexibility index (Phi) is 9.66. The fraction of sp³-hybridized carbons (Fsp3) is 0.185. The van der Waals surface area contributed by atoms with Gasteiger partial charge in [-0.25, -0.2) is 0 Å². The molecule has 3 unspecified atom stereocenters. The van der Waals surface area contributed by atoms with Crippen LogP contribution < -0.4 is 0 Å². The van der Waals surface area contributed by atoms with Crippen LogP contribution in [-0.2, 0) is 21.8 Å². The van der Waals surface area contributed by atoms with E-state index in [-0.39, 0.29) is 13.9 Å². The molecule has 0 radical (unpaired) electrons. The molecular formula is C54H47O2Zr. The van der Waals surface area contributed by atoms with E-state index >= 15 is 0 Å². The van der Waals surface area contributed by atoms with Gasteiger partial charge in [0.1, 0.15) is 0 Å². The van der Waals surface area contributed by atoms with Gasteiger partial charge in [0.15, 0.2) is 0 Å². The minimum atomic E-state index is -3.17. The van der Waals surface area contributed by atoms with E-state index in [1.54, 1.807) is 0 Å². The number of hydrogen-bond acceptors (Lipinski definition) is 2. The first-order valence-corrected chi connectivity index (χ1v) is 25.0. The average Bonchev–Trinajstić information content (AvgIpc) is 3.80. The molecule has 8 aromatic carbocycles. The zero-order chi connectivity index (χ0) is 38.6. The van der Waals surface area contributed by atoms with Crippen molar-refractivity contribution in [1.82, 2.24) is 0 Å². The molecule has 2 N–H and O–H groups in total. The molecule has 0 saturated carbocycles. The molecule has 0 heterocycles. The summed E-state index contributed by atoms with van der Waals surface area (Å²) in [6.45, 7) is 4.35. The summed E-state index contributed by atoms with van der Waals surface area (Å²) in [4.78, 5) is 0. The standard InChI is InChI=1S/2C26H21.C2H5O2.Zr/c2*1-2-7-18-14-21-10-5-12-23(25(21)15-18)24-13-6-11-22-16-19-8-3-4-9-20(19)17-26(22)24;3-1-2-4;/h2*3-6,8-17H,2,7H2,1H3;1,3-4H,2H2;. The molecule has 2 nitrogen and oxygen atoms in total. The van der Waals surface area contributed by atoms with Gasteiger partial charge in [0.2, 0.25) is 0 Å². The third-order valence-electron chi connectivity index (χ3n) is 12.7. The zero-order valence-corrected chi connectivity index (χ0v) is 35.1. The minimum absolute atomic E-state index is 0.157. The van der Waals surface area contributed by atoms with Crippen LogP contribution in [0.2, 0.25) is 0 Å². The van der Waals surface area contributed by atoms with E-state index < -0.39 is 25.6 Å². The SMILES string of the molecule is CCCC1=Cc2c(-c3cccc4cc5ccccc5cc34)cccc2[CH]1[Zr]([CH](O)CO)[CH]1C(CCC)=Cc2c(-c3cccc4cc5ccccc5cc34)cccc21. The molecule has 0 saturated heterocycles. The number of allylic oxidation sites excluding steroid dienone is 2. The molecule has 0 aromatic heterocycles. The third-order valence-corrected chi connectivity index (χ3v) is 21.6. The number of fused-ring (bicyclic) bond motifs is 6. The molecule has 0 amide bonds. The van der Waals surface area contributed by atoms with Crippen LogP contribution in [0.25, 0.3) is 77.5 Å². The summed E-state index contributed by atoms with van der Waals surface area (Å²) in [5.41, 5.74) is 13.2. The van der Waals surface area contributed by atoms with Gasteiger partial charge in [-0.2, -0.15) is 0 Å². The summed E-state index contributed by atoms with van der Waals surface area (Å²) in [5, 5.41) is 33.3. The molecule has 0 fully saturated rings. The Balaban J connectivity index is 1.14. The molecule has 57 heavy (non-hydrogen) atoms. The molecule has 10 rings (SSSR count). The summed E-state index contributed by atoms with van der Waals surface area (Å²) in [6.07, 6.45) is 9.01. The summed E-state index contributed by atoms with van der Waals surface area (Å²) < 4.78 is -0.395. The molecule has 3 atom stereocenters. The van der Waals surface area contributed by atoms with Crippen LogP contribution >= 0.6 is 0 Å². The van der Waals surface area contributed by atoms with Crippen LogP contribution in [0.3, 0.4) is 0 Å². The van der Waals surface area contributed by atoms with Crippen molar-refractivity contribution in [1.29, 1.82) is 0 Å². The molecule has 2 aliphatic rings. The van der Waals surface area contributed by atoms with Crippen molar-refractivity contribution in [2.24, 2.45) is 0 Å². The second kappa shape index (κ2) is 15.1. The topological polar surface area (TPSA) is 40.5 Å². The Hall–Kier alpha value is -4.92. The van der Waals surface area contributed by atoms with E-state index in [9.17, 15) is 10.2 Å². The Bertz CT molecular complexity index is 2720. The van der Waals surface area contributed by atoms with Gasteiger partial charge in [-0.15, -0.1) is 0 Å². The van der Waals surface area contributed by atoms with E-state index in [1.807, 2.05) is 0 Å². The molecule has 2 aliphatic carbocycles. The predicted octanol–water partition coefficient (Wildman–Crippen LogP) is 13.7. The summed E-state index contributed by atoms with van der Waals surface area (Å²) in [7, 11) is 0. The Morgan fingerprint density at radius 2 is 0.860 bits per heavy atom. The first-order valence-electron chi connectivity index (χ1n) is 20.7. The number of rotatable bonds is 10. The van der Waals surface area contributed by atoms with Crippen LogP contribution in [0.15, 0.2) is 157 Å². The second-order valence-electron chi connectivity index (χ2n) is 16.1. The fourth-order valence-electron chi connectivity index (χ4n) is 10.3. The van der Waals surface area contributed by atoms with Crippen molar-refractivity contribution in [3.63, 3.8) is 0 Å². The molecule has 8 aromatic rings. The first kappa shape index (κ1) is 36.4. The Morgan fingerprint density at radius 3 is 1.28 bits per heavy atom. The van der Waals surface area contributed by atoms with Crippen molar-refractivity contribution in [2.45, 2.75) is 50.6 Å². The predicted molar refractivity (Wildman–Crippen MR) is 238 cm³/mol. The number of aliphatic hydroxyl groups excluding tert-OH is 2. The van der Waals surface area contributed by atoms with Gasteiger partial charge in [0.05, 0.1) is 0 Å². The summed E-state index contributed by atoms with van der Waals surface area (Å²) in [5.74, 6) is 0. The monoisotopic (exact) mass is 817 g/mol. The summed E-state index contributed by atoms with van der Waals surface area (Å²) >= 11 is -3.17. The number of benzene rings is 8. The van der Waals surface area contributed by atoms with Crippen LogP contribution in [0, 0.1) is 0 Å². The first-order chi connectivity index (χ1) is 28.1. The van der Waals surface area contributed by atoms with Crippen molar-refractivity contribution in [3.05, 3.63) is 179 Å². The van der Waals surface area contributed by atoms with Gasteiger partial charge in [0, 0.05) is 0 Å². The summed E-state index contributed by atoms with van der Waals surface area (Å²) in [6, 6.07) is 53.8. The van der Waals surface area contributed by atoms with Crippen molar-refractivity contribution < 1.29 is 32.0 Å². The maximum atomic E-state index is 12.3. The molecule has 3 heteroatoms. The van der Waals surface area contributed by atoms with Crippen molar-refractivity contribution in [2.75, 3.05) is 6.61 Å². The second-order valence-corrected chi connectivity index (χ2v) is 23.0. The van der Waals surface area contributed by atoms with Crippen LogP contribution in [0.4, 0.5) is 0 Å². The van der Waals surface area contributed by atoms with Crippen LogP contribution in [0.1, 0.15) is 69.0 Å². The van der Waals surface area contributed by atoms with E-state index in [0.29, 0.717) is 0 Å². The molecule has 279 valence electrons. The molecule has 0 bridgehead atoms. The molecule has 0 aliphatic heterocycles. The fourth-order valence-corrected chi connectivity index (χ4v) is 19.7. The van der Waals surface area contributed by atoms with E-state index in [4.69, 9.17) is 0 Å².